The Hall–Kier alpha value is -2.73. The minimum Gasteiger partial charge on any atom is -0.337 e. The summed E-state index contributed by atoms with van der Waals surface area (Å²) in [5.41, 5.74) is 4.01. The second kappa shape index (κ2) is 8.42. The second-order valence-corrected chi connectivity index (χ2v) is 9.20. The van der Waals surface area contributed by atoms with Crippen molar-refractivity contribution in [3.63, 3.8) is 0 Å². The number of fused-ring (bicyclic) bond motifs is 1. The van der Waals surface area contributed by atoms with Crippen molar-refractivity contribution >= 4 is 16.9 Å². The van der Waals surface area contributed by atoms with Gasteiger partial charge in [0.15, 0.2) is 5.65 Å². The zero-order valence-corrected chi connectivity index (χ0v) is 18.5. The highest BCUT2D eigenvalue weighted by Gasteiger charge is 2.30. The molecule has 5 rings (SSSR count). The lowest BCUT2D eigenvalue weighted by atomic mass is 10.1. The molecule has 1 amide bonds. The SMILES string of the molecule is CC(C)n1ncc2c(C(=O)N3CCCN(Cc4ccccc4)CC3)cc(C3CC3)nc21. The first-order valence-electron chi connectivity index (χ1n) is 11.5. The van der Waals surface area contributed by atoms with Crippen LogP contribution in [0.5, 0.6) is 0 Å². The van der Waals surface area contributed by atoms with E-state index in [9.17, 15) is 4.79 Å². The van der Waals surface area contributed by atoms with Gasteiger partial charge in [0.25, 0.3) is 5.91 Å². The van der Waals surface area contributed by atoms with Gasteiger partial charge < -0.3 is 4.90 Å². The lowest BCUT2D eigenvalue weighted by molar-refractivity contribution is 0.0763. The number of carbonyl (C=O) groups excluding carboxylic acids is 1. The van der Waals surface area contributed by atoms with Gasteiger partial charge in [-0.1, -0.05) is 30.3 Å². The third kappa shape index (κ3) is 4.22. The quantitative estimate of drug-likeness (QED) is 0.623. The predicted molar refractivity (Wildman–Crippen MR) is 122 cm³/mol. The molecule has 0 atom stereocenters. The third-order valence-corrected chi connectivity index (χ3v) is 6.43. The molecule has 1 saturated heterocycles. The maximum Gasteiger partial charge on any atom is 0.254 e. The highest BCUT2D eigenvalue weighted by molar-refractivity contribution is 6.05. The fraction of sp³-hybridized carbons (Fsp3) is 0.480. The number of nitrogens with zero attached hydrogens (tertiary/aromatic N) is 5. The topological polar surface area (TPSA) is 54.3 Å². The summed E-state index contributed by atoms with van der Waals surface area (Å²) < 4.78 is 1.95. The van der Waals surface area contributed by atoms with E-state index in [-0.39, 0.29) is 11.9 Å². The third-order valence-electron chi connectivity index (χ3n) is 6.43. The Morgan fingerprint density at radius 1 is 1.10 bits per heavy atom. The number of amides is 1. The molecule has 3 aromatic rings. The lowest BCUT2D eigenvalue weighted by Gasteiger charge is -2.22. The largest absolute Gasteiger partial charge is 0.337 e. The Kier molecular flexibility index (Phi) is 5.48. The van der Waals surface area contributed by atoms with Crippen molar-refractivity contribution in [2.75, 3.05) is 26.2 Å². The van der Waals surface area contributed by atoms with E-state index in [4.69, 9.17) is 4.98 Å². The van der Waals surface area contributed by atoms with Crippen molar-refractivity contribution in [3.05, 3.63) is 59.4 Å². The number of rotatable bonds is 5. The minimum absolute atomic E-state index is 0.124. The number of hydrogen-bond acceptors (Lipinski definition) is 4. The number of carbonyl (C=O) groups is 1. The lowest BCUT2D eigenvalue weighted by Crippen LogP contribution is -2.35. The van der Waals surface area contributed by atoms with Crippen LogP contribution < -0.4 is 0 Å². The molecule has 0 bridgehead atoms. The predicted octanol–water partition coefficient (Wildman–Crippen LogP) is 4.24. The highest BCUT2D eigenvalue weighted by Crippen LogP contribution is 2.40. The van der Waals surface area contributed by atoms with Gasteiger partial charge in [-0.2, -0.15) is 5.10 Å². The van der Waals surface area contributed by atoms with E-state index in [0.29, 0.717) is 5.92 Å². The normalized spacial score (nSPS) is 18.0. The van der Waals surface area contributed by atoms with Crippen molar-refractivity contribution in [3.8, 4) is 0 Å². The van der Waals surface area contributed by atoms with Crippen molar-refractivity contribution in [2.45, 2.75) is 51.6 Å². The molecule has 6 nitrogen and oxygen atoms in total. The molecule has 1 aliphatic heterocycles. The van der Waals surface area contributed by atoms with Crippen LogP contribution in [0.4, 0.5) is 0 Å². The van der Waals surface area contributed by atoms with Crippen molar-refractivity contribution in [1.82, 2.24) is 24.6 Å². The van der Waals surface area contributed by atoms with E-state index in [2.05, 4.69) is 54.2 Å². The van der Waals surface area contributed by atoms with Gasteiger partial charge in [0.1, 0.15) is 0 Å². The molecular formula is C25H31N5O. The van der Waals surface area contributed by atoms with Crippen LogP contribution in [0, 0.1) is 0 Å². The van der Waals surface area contributed by atoms with Crippen LogP contribution >= 0.6 is 0 Å². The van der Waals surface area contributed by atoms with E-state index in [0.717, 1.165) is 61.4 Å². The van der Waals surface area contributed by atoms with Gasteiger partial charge in [0.2, 0.25) is 0 Å². The molecule has 162 valence electrons. The molecule has 1 saturated carbocycles. The van der Waals surface area contributed by atoms with Gasteiger partial charge in [-0.15, -0.1) is 0 Å². The van der Waals surface area contributed by atoms with Crippen molar-refractivity contribution in [2.24, 2.45) is 0 Å². The summed E-state index contributed by atoms with van der Waals surface area (Å²) in [6.45, 7) is 8.62. The van der Waals surface area contributed by atoms with Crippen LogP contribution in [0.25, 0.3) is 11.0 Å². The first-order valence-corrected chi connectivity index (χ1v) is 11.5. The summed E-state index contributed by atoms with van der Waals surface area (Å²) in [5.74, 6) is 0.621. The molecule has 6 heteroatoms. The van der Waals surface area contributed by atoms with Crippen molar-refractivity contribution in [1.29, 1.82) is 0 Å². The Labute approximate surface area is 183 Å². The number of aromatic nitrogens is 3. The van der Waals surface area contributed by atoms with E-state index in [1.807, 2.05) is 21.8 Å². The smallest absolute Gasteiger partial charge is 0.254 e. The Morgan fingerprint density at radius 3 is 2.65 bits per heavy atom. The molecule has 2 aromatic heterocycles. The second-order valence-electron chi connectivity index (χ2n) is 9.20. The molecular weight excluding hydrogens is 386 g/mol. The summed E-state index contributed by atoms with van der Waals surface area (Å²) >= 11 is 0. The molecule has 0 spiro atoms. The van der Waals surface area contributed by atoms with E-state index < -0.39 is 0 Å². The van der Waals surface area contributed by atoms with E-state index >= 15 is 0 Å². The van der Waals surface area contributed by atoms with E-state index in [1.165, 1.54) is 18.4 Å². The summed E-state index contributed by atoms with van der Waals surface area (Å²) in [6.07, 6.45) is 5.15. The number of benzene rings is 1. The molecule has 3 heterocycles. The highest BCUT2D eigenvalue weighted by atomic mass is 16.2. The van der Waals surface area contributed by atoms with Crippen LogP contribution in [0.3, 0.4) is 0 Å². The molecule has 2 fully saturated rings. The molecule has 0 radical (unpaired) electrons. The molecule has 1 aliphatic carbocycles. The Bertz CT molecular complexity index is 1070. The fourth-order valence-corrected chi connectivity index (χ4v) is 4.52. The molecule has 31 heavy (non-hydrogen) atoms. The molecule has 1 aromatic carbocycles. The van der Waals surface area contributed by atoms with Gasteiger partial charge in [-0.05, 0) is 44.7 Å². The Balaban J connectivity index is 1.38. The van der Waals surface area contributed by atoms with Crippen LogP contribution in [0.2, 0.25) is 0 Å². The first-order chi connectivity index (χ1) is 15.1. The monoisotopic (exact) mass is 417 g/mol. The molecule has 0 unspecified atom stereocenters. The first kappa shape index (κ1) is 20.2. The summed E-state index contributed by atoms with van der Waals surface area (Å²) in [6, 6.07) is 12.8. The van der Waals surface area contributed by atoms with Gasteiger partial charge >= 0.3 is 0 Å². The number of pyridine rings is 1. The molecule has 2 aliphatic rings. The van der Waals surface area contributed by atoms with Gasteiger partial charge in [-0.25, -0.2) is 9.67 Å². The Morgan fingerprint density at radius 2 is 1.90 bits per heavy atom. The summed E-state index contributed by atoms with van der Waals surface area (Å²) in [7, 11) is 0. The van der Waals surface area contributed by atoms with Crippen LogP contribution in [0.15, 0.2) is 42.6 Å². The van der Waals surface area contributed by atoms with Crippen LogP contribution in [-0.4, -0.2) is 56.7 Å². The van der Waals surface area contributed by atoms with Crippen LogP contribution in [-0.2, 0) is 6.54 Å². The average Bonchev–Trinajstić information content (AvgIpc) is 3.57. The fourth-order valence-electron chi connectivity index (χ4n) is 4.52. The van der Waals surface area contributed by atoms with Gasteiger partial charge in [-0.3, -0.25) is 9.69 Å². The average molecular weight is 418 g/mol. The summed E-state index contributed by atoms with van der Waals surface area (Å²) in [4.78, 5) is 23.0. The van der Waals surface area contributed by atoms with Crippen LogP contribution in [0.1, 0.15) is 66.7 Å². The standard InChI is InChI=1S/C25H31N5O/c1-18(2)30-24-22(16-26-30)21(15-23(27-24)20-9-10-20)25(31)29-12-6-11-28(13-14-29)17-19-7-4-3-5-8-19/h3-5,7-8,15-16,18,20H,6,9-14,17H2,1-2H3. The zero-order chi connectivity index (χ0) is 21.4. The van der Waals surface area contributed by atoms with Crippen molar-refractivity contribution < 1.29 is 4.79 Å². The number of hydrogen-bond donors (Lipinski definition) is 0. The van der Waals surface area contributed by atoms with Gasteiger partial charge in [0.05, 0.1) is 17.1 Å². The van der Waals surface area contributed by atoms with Gasteiger partial charge in [0, 0.05) is 50.4 Å². The van der Waals surface area contributed by atoms with E-state index in [1.54, 1.807) is 0 Å². The maximum atomic E-state index is 13.6. The molecule has 0 N–H and O–H groups in total. The minimum atomic E-state index is 0.124. The maximum absolute atomic E-state index is 13.6. The zero-order valence-electron chi connectivity index (χ0n) is 18.5. The summed E-state index contributed by atoms with van der Waals surface area (Å²) in [5, 5.41) is 5.44.